The fraction of sp³-hybridized carbons (Fsp3) is 0.769. The number of nitrogens with one attached hydrogen (secondary N) is 1. The summed E-state index contributed by atoms with van der Waals surface area (Å²) in [6.45, 7) is 6.96. The predicted molar refractivity (Wildman–Crippen MR) is 97.6 cm³/mol. The normalized spacial score (nSPS) is 19.3. The van der Waals surface area contributed by atoms with Crippen LogP contribution in [0.5, 0.6) is 0 Å². The number of aromatic nitrogens is 2. The van der Waals surface area contributed by atoms with Crippen molar-refractivity contribution >= 4 is 41.7 Å². The molecule has 0 amide bonds. The van der Waals surface area contributed by atoms with Crippen molar-refractivity contribution in [2.45, 2.75) is 31.9 Å². The zero-order chi connectivity index (χ0) is 14.4. The summed E-state index contributed by atoms with van der Waals surface area (Å²) in [5, 5.41) is 7.88. The Hall–Kier alpha value is -0.510. The molecule has 2 rings (SSSR count). The average Bonchev–Trinajstić information content (AvgIpc) is 2.89. The maximum atomic E-state index is 5.10. The van der Waals surface area contributed by atoms with Crippen molar-refractivity contribution in [3.8, 4) is 0 Å². The topological polar surface area (TPSA) is 66.5 Å². The van der Waals surface area contributed by atoms with Crippen LogP contribution in [0, 0.1) is 6.92 Å². The molecule has 21 heavy (non-hydrogen) atoms. The molecule has 0 bridgehead atoms. The first-order chi connectivity index (χ1) is 9.72. The molecule has 0 aliphatic carbocycles. The van der Waals surface area contributed by atoms with Crippen molar-refractivity contribution in [2.24, 2.45) is 4.99 Å². The van der Waals surface area contributed by atoms with Crippen LogP contribution in [0.4, 0.5) is 0 Å². The van der Waals surface area contributed by atoms with Gasteiger partial charge in [-0.1, -0.05) is 12.1 Å². The van der Waals surface area contributed by atoms with Gasteiger partial charge in [-0.3, -0.25) is 4.99 Å². The van der Waals surface area contributed by atoms with Crippen molar-refractivity contribution in [3.05, 3.63) is 11.7 Å². The minimum absolute atomic E-state index is 0. The second-order valence-corrected chi connectivity index (χ2v) is 6.21. The van der Waals surface area contributed by atoms with E-state index in [-0.39, 0.29) is 24.0 Å². The van der Waals surface area contributed by atoms with Gasteiger partial charge in [-0.05, 0) is 13.3 Å². The Labute approximate surface area is 147 Å². The zero-order valence-corrected chi connectivity index (χ0v) is 16.0. The Kier molecular flexibility index (Phi) is 8.38. The molecule has 1 aliphatic rings. The van der Waals surface area contributed by atoms with E-state index in [4.69, 9.17) is 4.52 Å². The van der Waals surface area contributed by atoms with E-state index in [0.29, 0.717) is 17.0 Å². The highest BCUT2D eigenvalue weighted by Crippen LogP contribution is 2.20. The van der Waals surface area contributed by atoms with Crippen LogP contribution in [0.1, 0.15) is 25.1 Å². The van der Waals surface area contributed by atoms with Crippen LogP contribution in [0.15, 0.2) is 9.52 Å². The first-order valence-electron chi connectivity index (χ1n) is 7.09. The Morgan fingerprint density at radius 2 is 2.38 bits per heavy atom. The van der Waals surface area contributed by atoms with Crippen LogP contribution in [0.2, 0.25) is 0 Å². The number of halogens is 1. The van der Waals surface area contributed by atoms with Gasteiger partial charge in [-0.2, -0.15) is 16.7 Å². The minimum atomic E-state index is 0. The molecule has 0 spiro atoms. The number of hydrogen-bond donors (Lipinski definition) is 1. The van der Waals surface area contributed by atoms with Gasteiger partial charge in [0.25, 0.3) is 0 Å². The summed E-state index contributed by atoms with van der Waals surface area (Å²) >= 11 is 2.06. The van der Waals surface area contributed by atoms with Crippen molar-refractivity contribution in [1.29, 1.82) is 0 Å². The van der Waals surface area contributed by atoms with Gasteiger partial charge in [-0.25, -0.2) is 0 Å². The largest absolute Gasteiger partial charge is 0.356 e. The van der Waals surface area contributed by atoms with Crippen molar-refractivity contribution in [1.82, 2.24) is 20.4 Å². The second kappa shape index (κ2) is 9.50. The van der Waals surface area contributed by atoms with Gasteiger partial charge >= 0.3 is 0 Å². The third kappa shape index (κ3) is 5.65. The van der Waals surface area contributed by atoms with Gasteiger partial charge in [-0.15, -0.1) is 24.0 Å². The van der Waals surface area contributed by atoms with E-state index in [2.05, 4.69) is 44.0 Å². The fourth-order valence-corrected chi connectivity index (χ4v) is 3.39. The van der Waals surface area contributed by atoms with E-state index < -0.39 is 0 Å². The Balaban J connectivity index is 0.00000220. The summed E-state index contributed by atoms with van der Waals surface area (Å²) in [7, 11) is 1.84. The summed E-state index contributed by atoms with van der Waals surface area (Å²) in [6.07, 6.45) is 1.93. The predicted octanol–water partition coefficient (Wildman–Crippen LogP) is 1.94. The summed E-state index contributed by atoms with van der Waals surface area (Å²) in [5.74, 6) is 3.50. The molecule has 1 N–H and O–H groups in total. The molecule has 0 radical (unpaired) electrons. The Morgan fingerprint density at radius 3 is 3.00 bits per heavy atom. The van der Waals surface area contributed by atoms with Gasteiger partial charge in [0.2, 0.25) is 5.89 Å². The lowest BCUT2D eigenvalue weighted by Crippen LogP contribution is -2.48. The Morgan fingerprint density at radius 1 is 1.57 bits per heavy atom. The first-order valence-corrected chi connectivity index (χ1v) is 8.14. The minimum Gasteiger partial charge on any atom is -0.356 e. The number of nitrogens with zero attached hydrogens (tertiary/aromatic N) is 4. The maximum Gasteiger partial charge on any atom is 0.228 e. The van der Waals surface area contributed by atoms with Crippen LogP contribution in [0.3, 0.4) is 0 Å². The molecule has 1 unspecified atom stereocenters. The summed E-state index contributed by atoms with van der Waals surface area (Å²) in [4.78, 5) is 10.9. The molecule has 1 aliphatic heterocycles. The Bertz CT molecular complexity index is 454. The molecule has 8 heteroatoms. The molecule has 1 saturated heterocycles. The highest BCUT2D eigenvalue weighted by Gasteiger charge is 2.21. The lowest BCUT2D eigenvalue weighted by molar-refractivity contribution is 0.371. The molecule has 0 aromatic carbocycles. The van der Waals surface area contributed by atoms with E-state index in [1.807, 2.05) is 14.0 Å². The monoisotopic (exact) mass is 425 g/mol. The summed E-state index contributed by atoms with van der Waals surface area (Å²) in [6, 6.07) is 0. The number of rotatable bonds is 4. The van der Waals surface area contributed by atoms with Gasteiger partial charge in [0, 0.05) is 44.1 Å². The molecule has 1 atom stereocenters. The van der Waals surface area contributed by atoms with Crippen molar-refractivity contribution < 1.29 is 4.52 Å². The number of aliphatic imine (C=N–C) groups is 1. The quantitative estimate of drug-likeness (QED) is 0.452. The smallest absolute Gasteiger partial charge is 0.228 e. The van der Waals surface area contributed by atoms with E-state index in [9.17, 15) is 0 Å². The van der Waals surface area contributed by atoms with Gasteiger partial charge in [0.1, 0.15) is 0 Å². The molecular formula is C13H24IN5OS. The fourth-order valence-electron chi connectivity index (χ4n) is 2.21. The lowest BCUT2D eigenvalue weighted by Gasteiger charge is -2.34. The van der Waals surface area contributed by atoms with Crippen LogP contribution in [-0.2, 0) is 6.42 Å². The van der Waals surface area contributed by atoms with Crippen molar-refractivity contribution in [3.63, 3.8) is 0 Å². The van der Waals surface area contributed by atoms with Crippen LogP contribution >= 0.6 is 35.7 Å². The van der Waals surface area contributed by atoms with E-state index in [0.717, 1.165) is 32.0 Å². The summed E-state index contributed by atoms with van der Waals surface area (Å²) in [5.41, 5.74) is 0. The molecule has 2 heterocycles. The number of hydrogen-bond acceptors (Lipinski definition) is 5. The third-order valence-electron chi connectivity index (χ3n) is 3.30. The zero-order valence-electron chi connectivity index (χ0n) is 12.8. The molecule has 1 aromatic heterocycles. The molecular weight excluding hydrogens is 401 g/mol. The molecule has 1 fully saturated rings. The molecule has 0 saturated carbocycles. The van der Waals surface area contributed by atoms with Crippen molar-refractivity contribution in [2.75, 3.05) is 32.4 Å². The lowest BCUT2D eigenvalue weighted by atomic mass is 10.3. The average molecular weight is 425 g/mol. The maximum absolute atomic E-state index is 5.10. The van der Waals surface area contributed by atoms with Crippen LogP contribution in [0.25, 0.3) is 0 Å². The second-order valence-electron chi connectivity index (χ2n) is 4.81. The van der Waals surface area contributed by atoms with E-state index in [1.54, 1.807) is 0 Å². The number of guanidine groups is 1. The van der Waals surface area contributed by atoms with Gasteiger partial charge in [0.05, 0.1) is 0 Å². The highest BCUT2D eigenvalue weighted by molar-refractivity contribution is 14.0. The van der Waals surface area contributed by atoms with E-state index >= 15 is 0 Å². The third-order valence-corrected chi connectivity index (χ3v) is 4.67. The van der Waals surface area contributed by atoms with Crippen LogP contribution in [-0.4, -0.2) is 58.7 Å². The SMILES string of the molecule is CCC1CN(C(=NC)NCCc2nc(C)no2)CCS1.I. The highest BCUT2D eigenvalue weighted by atomic mass is 127. The number of thioether (sulfide) groups is 1. The van der Waals surface area contributed by atoms with Gasteiger partial charge < -0.3 is 14.7 Å². The molecule has 1 aromatic rings. The molecule has 6 nitrogen and oxygen atoms in total. The first kappa shape index (κ1) is 18.5. The van der Waals surface area contributed by atoms with Crippen LogP contribution < -0.4 is 5.32 Å². The summed E-state index contributed by atoms with van der Waals surface area (Å²) < 4.78 is 5.10. The van der Waals surface area contributed by atoms with E-state index in [1.165, 1.54) is 12.2 Å². The number of aryl methyl sites for hydroxylation is 1. The molecule has 120 valence electrons. The standard InChI is InChI=1S/C13H23N5OS.HI/c1-4-11-9-18(7-8-20-11)13(14-3)15-6-5-12-16-10(2)17-19-12;/h11H,4-9H2,1-3H3,(H,14,15);1H. The van der Waals surface area contributed by atoms with Gasteiger partial charge in [0.15, 0.2) is 11.8 Å².